The lowest BCUT2D eigenvalue weighted by Gasteiger charge is -2.33. The van der Waals surface area contributed by atoms with Crippen LogP contribution in [0.1, 0.15) is 20.8 Å². The number of hydrogen-bond donors (Lipinski definition) is 1. The van der Waals surface area contributed by atoms with Crippen LogP contribution >= 0.6 is 0 Å². The van der Waals surface area contributed by atoms with Gasteiger partial charge in [-0.25, -0.2) is 0 Å². The number of aromatic nitrogens is 1. The summed E-state index contributed by atoms with van der Waals surface area (Å²) in [5.74, 6) is 0.851. The fourth-order valence-electron chi connectivity index (χ4n) is 2.08. The van der Waals surface area contributed by atoms with Gasteiger partial charge in [0.2, 0.25) is 0 Å². The van der Waals surface area contributed by atoms with E-state index < -0.39 is 0 Å². The van der Waals surface area contributed by atoms with Crippen LogP contribution in [0.5, 0.6) is 5.75 Å². The molecule has 4 nitrogen and oxygen atoms in total. The molecule has 2 rings (SSSR count). The normalized spacial score (nSPS) is 20.7. The zero-order valence-electron chi connectivity index (χ0n) is 10.8. The number of pyridine rings is 1. The molecule has 17 heavy (non-hydrogen) atoms. The van der Waals surface area contributed by atoms with Gasteiger partial charge < -0.3 is 15.0 Å². The van der Waals surface area contributed by atoms with Gasteiger partial charge in [-0.15, -0.1) is 0 Å². The van der Waals surface area contributed by atoms with E-state index in [0.717, 1.165) is 31.1 Å². The molecule has 0 aliphatic carbocycles. The van der Waals surface area contributed by atoms with Gasteiger partial charge in [0.25, 0.3) is 0 Å². The monoisotopic (exact) mass is 235 g/mol. The lowest BCUT2D eigenvalue weighted by Crippen LogP contribution is -2.49. The van der Waals surface area contributed by atoms with Crippen LogP contribution in [0.15, 0.2) is 18.5 Å². The second kappa shape index (κ2) is 5.36. The van der Waals surface area contributed by atoms with Crippen molar-refractivity contribution in [2.24, 2.45) is 0 Å². The maximum Gasteiger partial charge on any atom is 0.140 e. The van der Waals surface area contributed by atoms with Crippen LogP contribution in [-0.2, 0) is 0 Å². The highest BCUT2D eigenvalue weighted by atomic mass is 16.5. The van der Waals surface area contributed by atoms with E-state index in [0.29, 0.717) is 6.04 Å². The molecule has 0 spiro atoms. The third kappa shape index (κ3) is 3.33. The highest BCUT2D eigenvalue weighted by Gasteiger charge is 2.16. The Morgan fingerprint density at radius 1 is 1.47 bits per heavy atom. The summed E-state index contributed by atoms with van der Waals surface area (Å²) in [5, 5.41) is 3.44. The number of hydrogen-bond acceptors (Lipinski definition) is 4. The summed E-state index contributed by atoms with van der Waals surface area (Å²) < 4.78 is 5.67. The summed E-state index contributed by atoms with van der Waals surface area (Å²) in [5.41, 5.74) is 1.15. The maximum absolute atomic E-state index is 5.67. The maximum atomic E-state index is 5.67. The number of rotatable bonds is 3. The van der Waals surface area contributed by atoms with Crippen LogP contribution < -0.4 is 15.0 Å². The molecule has 2 heterocycles. The van der Waals surface area contributed by atoms with E-state index in [-0.39, 0.29) is 6.10 Å². The first-order valence-electron chi connectivity index (χ1n) is 6.25. The summed E-state index contributed by atoms with van der Waals surface area (Å²) in [6, 6.07) is 2.60. The quantitative estimate of drug-likeness (QED) is 0.864. The van der Waals surface area contributed by atoms with Gasteiger partial charge >= 0.3 is 0 Å². The minimum Gasteiger partial charge on any atom is -0.489 e. The molecule has 1 aliphatic rings. The third-order valence-electron chi connectivity index (χ3n) is 2.80. The van der Waals surface area contributed by atoms with Crippen LogP contribution in [0.2, 0.25) is 0 Å². The Labute approximate surface area is 103 Å². The average Bonchev–Trinajstić information content (AvgIpc) is 2.28. The van der Waals surface area contributed by atoms with E-state index in [1.807, 2.05) is 20.0 Å². The summed E-state index contributed by atoms with van der Waals surface area (Å²) in [6.45, 7) is 9.33. The lowest BCUT2D eigenvalue weighted by atomic mass is 10.2. The molecular weight excluding hydrogens is 214 g/mol. The molecule has 94 valence electrons. The van der Waals surface area contributed by atoms with Crippen LogP contribution in [0.4, 0.5) is 5.69 Å². The Morgan fingerprint density at radius 3 is 3.00 bits per heavy atom. The summed E-state index contributed by atoms with van der Waals surface area (Å²) >= 11 is 0. The highest BCUT2D eigenvalue weighted by molar-refractivity contribution is 5.48. The van der Waals surface area contributed by atoms with Gasteiger partial charge in [-0.2, -0.15) is 0 Å². The number of piperazine rings is 1. The van der Waals surface area contributed by atoms with E-state index in [1.54, 1.807) is 6.20 Å². The lowest BCUT2D eigenvalue weighted by molar-refractivity contribution is 0.241. The van der Waals surface area contributed by atoms with Crippen molar-refractivity contribution in [3.05, 3.63) is 18.5 Å². The van der Waals surface area contributed by atoms with E-state index in [1.165, 1.54) is 0 Å². The standard InChI is InChI=1S/C13H21N3O/c1-10(2)17-13-6-12(7-14-8-13)16-5-4-15-11(3)9-16/h6-8,10-11,15H,4-5,9H2,1-3H3. The molecular formula is C13H21N3O. The van der Waals surface area contributed by atoms with E-state index >= 15 is 0 Å². The molecule has 0 saturated carbocycles. The molecule has 4 heteroatoms. The number of anilines is 1. The fourth-order valence-corrected chi connectivity index (χ4v) is 2.08. The zero-order chi connectivity index (χ0) is 12.3. The molecule has 0 bridgehead atoms. The van der Waals surface area contributed by atoms with Crippen molar-refractivity contribution in [2.45, 2.75) is 32.9 Å². The minimum atomic E-state index is 0.189. The Hall–Kier alpha value is -1.29. The number of ether oxygens (including phenoxy) is 1. The molecule has 1 unspecified atom stereocenters. The summed E-state index contributed by atoms with van der Waals surface area (Å²) in [6.07, 6.45) is 3.87. The highest BCUT2D eigenvalue weighted by Crippen LogP contribution is 2.21. The molecule has 1 saturated heterocycles. The summed E-state index contributed by atoms with van der Waals surface area (Å²) in [7, 11) is 0. The Kier molecular flexibility index (Phi) is 3.84. The van der Waals surface area contributed by atoms with Crippen molar-refractivity contribution in [1.29, 1.82) is 0 Å². The number of nitrogens with zero attached hydrogens (tertiary/aromatic N) is 2. The zero-order valence-corrected chi connectivity index (χ0v) is 10.8. The van der Waals surface area contributed by atoms with Crippen molar-refractivity contribution >= 4 is 5.69 Å². The van der Waals surface area contributed by atoms with Gasteiger partial charge in [0.15, 0.2) is 0 Å². The van der Waals surface area contributed by atoms with Gasteiger partial charge in [-0.1, -0.05) is 0 Å². The van der Waals surface area contributed by atoms with E-state index in [4.69, 9.17) is 4.74 Å². The molecule has 0 amide bonds. The first-order valence-corrected chi connectivity index (χ1v) is 6.25. The molecule has 1 aliphatic heterocycles. The molecule has 1 N–H and O–H groups in total. The van der Waals surface area contributed by atoms with Crippen molar-refractivity contribution < 1.29 is 4.74 Å². The average molecular weight is 235 g/mol. The van der Waals surface area contributed by atoms with Gasteiger partial charge in [0, 0.05) is 31.7 Å². The van der Waals surface area contributed by atoms with Crippen molar-refractivity contribution in [3.8, 4) is 5.75 Å². The fraction of sp³-hybridized carbons (Fsp3) is 0.615. The van der Waals surface area contributed by atoms with Crippen molar-refractivity contribution in [3.63, 3.8) is 0 Å². The molecule has 1 aromatic heterocycles. The van der Waals surface area contributed by atoms with Crippen LogP contribution in [0.3, 0.4) is 0 Å². The predicted octanol–water partition coefficient (Wildman–Crippen LogP) is 1.67. The Balaban J connectivity index is 2.09. The summed E-state index contributed by atoms with van der Waals surface area (Å²) in [4.78, 5) is 6.60. The SMILES string of the molecule is CC1CN(c2cncc(OC(C)C)c2)CCN1. The third-order valence-corrected chi connectivity index (χ3v) is 2.80. The molecule has 1 aromatic rings. The number of nitrogens with one attached hydrogen (secondary N) is 1. The topological polar surface area (TPSA) is 37.4 Å². The Bertz CT molecular complexity index is 367. The molecule has 1 atom stereocenters. The smallest absolute Gasteiger partial charge is 0.140 e. The Morgan fingerprint density at radius 2 is 2.29 bits per heavy atom. The van der Waals surface area contributed by atoms with Crippen LogP contribution in [0.25, 0.3) is 0 Å². The van der Waals surface area contributed by atoms with Crippen LogP contribution in [-0.4, -0.2) is 36.8 Å². The van der Waals surface area contributed by atoms with Gasteiger partial charge in [0.05, 0.1) is 24.2 Å². The van der Waals surface area contributed by atoms with Gasteiger partial charge in [-0.3, -0.25) is 4.98 Å². The van der Waals surface area contributed by atoms with Gasteiger partial charge in [0.1, 0.15) is 5.75 Å². The first-order chi connectivity index (χ1) is 8.15. The van der Waals surface area contributed by atoms with Crippen molar-refractivity contribution in [1.82, 2.24) is 10.3 Å². The van der Waals surface area contributed by atoms with Crippen molar-refractivity contribution in [2.75, 3.05) is 24.5 Å². The largest absolute Gasteiger partial charge is 0.489 e. The minimum absolute atomic E-state index is 0.189. The van der Waals surface area contributed by atoms with Crippen LogP contribution in [0, 0.1) is 0 Å². The molecule has 0 radical (unpaired) electrons. The second-order valence-electron chi connectivity index (χ2n) is 4.85. The van der Waals surface area contributed by atoms with E-state index in [9.17, 15) is 0 Å². The second-order valence-corrected chi connectivity index (χ2v) is 4.85. The van der Waals surface area contributed by atoms with E-state index in [2.05, 4.69) is 28.2 Å². The molecule has 1 fully saturated rings. The first kappa shape index (κ1) is 12.2. The van der Waals surface area contributed by atoms with Gasteiger partial charge in [-0.05, 0) is 20.8 Å². The predicted molar refractivity (Wildman–Crippen MR) is 69.7 cm³/mol. The molecule has 0 aromatic carbocycles.